The van der Waals surface area contributed by atoms with E-state index in [0.29, 0.717) is 36.2 Å². The SMILES string of the molecule is COCC(=O)N1CCC(Oc2ccc(C(=O)NC(C)c3nnc(C)o3)cc2)CC1. The molecule has 1 aromatic heterocycles. The van der Waals surface area contributed by atoms with Crippen LogP contribution < -0.4 is 10.1 Å². The molecule has 0 saturated carbocycles. The largest absolute Gasteiger partial charge is 0.490 e. The third kappa shape index (κ3) is 5.54. The second-order valence-corrected chi connectivity index (χ2v) is 7.01. The van der Waals surface area contributed by atoms with E-state index < -0.39 is 0 Å². The van der Waals surface area contributed by atoms with E-state index in [1.54, 1.807) is 43.0 Å². The topological polar surface area (TPSA) is 107 Å². The van der Waals surface area contributed by atoms with Crippen molar-refractivity contribution in [2.45, 2.75) is 38.8 Å². The monoisotopic (exact) mass is 402 g/mol. The van der Waals surface area contributed by atoms with Crippen LogP contribution in [-0.4, -0.2) is 59.8 Å². The second kappa shape index (κ2) is 9.51. The van der Waals surface area contributed by atoms with Crippen LogP contribution in [-0.2, 0) is 9.53 Å². The van der Waals surface area contributed by atoms with Gasteiger partial charge in [0.25, 0.3) is 5.91 Å². The van der Waals surface area contributed by atoms with E-state index in [4.69, 9.17) is 13.9 Å². The van der Waals surface area contributed by atoms with Crippen molar-refractivity contribution in [2.24, 2.45) is 0 Å². The maximum atomic E-state index is 12.4. The minimum Gasteiger partial charge on any atom is -0.490 e. The normalized spacial score (nSPS) is 15.8. The molecule has 1 fully saturated rings. The maximum Gasteiger partial charge on any atom is 0.251 e. The molecule has 156 valence electrons. The molecule has 1 aromatic carbocycles. The fourth-order valence-corrected chi connectivity index (χ4v) is 3.14. The lowest BCUT2D eigenvalue weighted by molar-refractivity contribution is -0.136. The van der Waals surface area contributed by atoms with Crippen molar-refractivity contribution in [1.82, 2.24) is 20.4 Å². The molecule has 1 N–H and O–H groups in total. The number of rotatable bonds is 7. The van der Waals surface area contributed by atoms with Gasteiger partial charge < -0.3 is 24.1 Å². The van der Waals surface area contributed by atoms with Crippen LogP contribution in [0.15, 0.2) is 28.7 Å². The third-order valence-corrected chi connectivity index (χ3v) is 4.74. The van der Waals surface area contributed by atoms with Crippen molar-refractivity contribution in [3.8, 4) is 5.75 Å². The summed E-state index contributed by atoms with van der Waals surface area (Å²) in [4.78, 5) is 26.0. The zero-order valence-corrected chi connectivity index (χ0v) is 16.9. The standard InChI is InChI=1S/C20H26N4O5/c1-13(20-23-22-14(2)28-20)21-19(26)15-4-6-16(7-5-15)29-17-8-10-24(11-9-17)18(25)12-27-3/h4-7,13,17H,8-12H2,1-3H3,(H,21,26). The molecule has 1 unspecified atom stereocenters. The Morgan fingerprint density at radius 1 is 1.24 bits per heavy atom. The summed E-state index contributed by atoms with van der Waals surface area (Å²) in [7, 11) is 1.52. The van der Waals surface area contributed by atoms with Crippen LogP contribution in [0.25, 0.3) is 0 Å². The first-order chi connectivity index (χ1) is 14.0. The predicted octanol–water partition coefficient (Wildman–Crippen LogP) is 1.89. The summed E-state index contributed by atoms with van der Waals surface area (Å²) in [6.45, 7) is 4.90. The number of methoxy groups -OCH3 is 1. The molecule has 1 aliphatic rings. The van der Waals surface area contributed by atoms with E-state index >= 15 is 0 Å². The Kier molecular flexibility index (Phi) is 6.82. The van der Waals surface area contributed by atoms with Gasteiger partial charge in [-0.25, -0.2) is 0 Å². The van der Waals surface area contributed by atoms with E-state index in [1.807, 2.05) is 0 Å². The van der Waals surface area contributed by atoms with Gasteiger partial charge in [-0.05, 0) is 31.2 Å². The molecule has 0 radical (unpaired) electrons. The minimum atomic E-state index is -0.384. The highest BCUT2D eigenvalue weighted by Crippen LogP contribution is 2.20. The van der Waals surface area contributed by atoms with Gasteiger partial charge >= 0.3 is 0 Å². The van der Waals surface area contributed by atoms with Crippen LogP contribution in [0.5, 0.6) is 5.75 Å². The van der Waals surface area contributed by atoms with Gasteiger partial charge in [0.05, 0.1) is 0 Å². The summed E-state index contributed by atoms with van der Waals surface area (Å²) in [6.07, 6.45) is 1.57. The number of ether oxygens (including phenoxy) is 2. The van der Waals surface area contributed by atoms with E-state index in [9.17, 15) is 9.59 Å². The molecular formula is C20H26N4O5. The van der Waals surface area contributed by atoms with Crippen LogP contribution in [0.3, 0.4) is 0 Å². The molecule has 29 heavy (non-hydrogen) atoms. The second-order valence-electron chi connectivity index (χ2n) is 7.01. The number of aromatic nitrogens is 2. The number of nitrogens with zero attached hydrogens (tertiary/aromatic N) is 3. The molecule has 0 bridgehead atoms. The number of nitrogens with one attached hydrogen (secondary N) is 1. The highest BCUT2D eigenvalue weighted by atomic mass is 16.5. The summed E-state index contributed by atoms with van der Waals surface area (Å²) in [5, 5.41) is 10.5. The van der Waals surface area contributed by atoms with Crippen LogP contribution in [0.2, 0.25) is 0 Å². The number of carbonyl (C=O) groups is 2. The fourth-order valence-electron chi connectivity index (χ4n) is 3.14. The van der Waals surface area contributed by atoms with Crippen molar-refractivity contribution in [1.29, 1.82) is 0 Å². The molecule has 1 saturated heterocycles. The number of carbonyl (C=O) groups excluding carboxylic acids is 2. The summed E-state index contributed by atoms with van der Waals surface area (Å²) in [5.41, 5.74) is 0.514. The molecular weight excluding hydrogens is 376 g/mol. The number of benzene rings is 1. The Labute approximate surface area is 169 Å². The van der Waals surface area contributed by atoms with Gasteiger partial charge in [0, 0.05) is 45.5 Å². The number of hydrogen-bond donors (Lipinski definition) is 1. The Hall–Kier alpha value is -2.94. The maximum absolute atomic E-state index is 12.4. The first-order valence-electron chi connectivity index (χ1n) is 9.60. The molecule has 2 amide bonds. The van der Waals surface area contributed by atoms with Gasteiger partial charge in [0.15, 0.2) is 0 Å². The van der Waals surface area contributed by atoms with Gasteiger partial charge in [0.1, 0.15) is 24.5 Å². The number of amides is 2. The molecule has 1 aliphatic heterocycles. The molecule has 3 rings (SSSR count). The molecule has 9 nitrogen and oxygen atoms in total. The Bertz CT molecular complexity index is 828. The predicted molar refractivity (Wildman–Crippen MR) is 103 cm³/mol. The Morgan fingerprint density at radius 2 is 1.93 bits per heavy atom. The molecule has 0 spiro atoms. The number of aryl methyl sites for hydroxylation is 1. The average molecular weight is 402 g/mol. The summed E-state index contributed by atoms with van der Waals surface area (Å²) < 4.78 is 16.2. The van der Waals surface area contributed by atoms with E-state index in [2.05, 4.69) is 15.5 Å². The first kappa shape index (κ1) is 20.8. The zero-order chi connectivity index (χ0) is 20.8. The van der Waals surface area contributed by atoms with Crippen LogP contribution in [0, 0.1) is 6.92 Å². The van der Waals surface area contributed by atoms with Crippen molar-refractivity contribution >= 4 is 11.8 Å². The van der Waals surface area contributed by atoms with Crippen LogP contribution in [0.4, 0.5) is 0 Å². The molecule has 9 heteroatoms. The first-order valence-corrected chi connectivity index (χ1v) is 9.60. The summed E-state index contributed by atoms with van der Waals surface area (Å²) in [5.74, 6) is 1.29. The van der Waals surface area contributed by atoms with Gasteiger partial charge in [-0.15, -0.1) is 10.2 Å². The summed E-state index contributed by atoms with van der Waals surface area (Å²) in [6, 6.07) is 6.60. The Morgan fingerprint density at radius 3 is 2.52 bits per heavy atom. The summed E-state index contributed by atoms with van der Waals surface area (Å²) >= 11 is 0. The van der Waals surface area contributed by atoms with E-state index in [0.717, 1.165) is 12.8 Å². The molecule has 2 heterocycles. The van der Waals surface area contributed by atoms with Crippen molar-refractivity contribution in [3.05, 3.63) is 41.6 Å². The molecule has 0 aliphatic carbocycles. The lowest BCUT2D eigenvalue weighted by Crippen LogP contribution is -2.43. The lowest BCUT2D eigenvalue weighted by atomic mass is 10.1. The molecule has 1 atom stereocenters. The molecule has 2 aromatic rings. The van der Waals surface area contributed by atoms with Crippen LogP contribution in [0.1, 0.15) is 47.9 Å². The van der Waals surface area contributed by atoms with Gasteiger partial charge in [0.2, 0.25) is 17.7 Å². The zero-order valence-electron chi connectivity index (χ0n) is 16.9. The fraction of sp³-hybridized carbons (Fsp3) is 0.500. The van der Waals surface area contributed by atoms with Gasteiger partial charge in [-0.1, -0.05) is 0 Å². The number of likely N-dealkylation sites (tertiary alicyclic amines) is 1. The highest BCUT2D eigenvalue weighted by Gasteiger charge is 2.24. The number of hydrogen-bond acceptors (Lipinski definition) is 7. The third-order valence-electron chi connectivity index (χ3n) is 4.74. The Balaban J connectivity index is 1.49. The lowest BCUT2D eigenvalue weighted by Gasteiger charge is -2.32. The average Bonchev–Trinajstić information content (AvgIpc) is 3.16. The van der Waals surface area contributed by atoms with E-state index in [-0.39, 0.29) is 30.6 Å². The minimum absolute atomic E-state index is 0.00577. The van der Waals surface area contributed by atoms with Gasteiger partial charge in [-0.2, -0.15) is 0 Å². The van der Waals surface area contributed by atoms with Crippen LogP contribution >= 0.6 is 0 Å². The van der Waals surface area contributed by atoms with Gasteiger partial charge in [-0.3, -0.25) is 9.59 Å². The quantitative estimate of drug-likeness (QED) is 0.753. The van der Waals surface area contributed by atoms with Crippen molar-refractivity contribution < 1.29 is 23.5 Å². The highest BCUT2D eigenvalue weighted by molar-refractivity contribution is 5.94. The number of piperidine rings is 1. The van der Waals surface area contributed by atoms with E-state index in [1.165, 1.54) is 7.11 Å². The smallest absolute Gasteiger partial charge is 0.251 e. The van der Waals surface area contributed by atoms with Crippen molar-refractivity contribution in [3.63, 3.8) is 0 Å². The van der Waals surface area contributed by atoms with Crippen molar-refractivity contribution in [2.75, 3.05) is 26.8 Å².